The number of hydrogen-bond donors (Lipinski definition) is 2. The predicted molar refractivity (Wildman–Crippen MR) is 105 cm³/mol. The highest BCUT2D eigenvalue weighted by Gasteiger charge is 2.21. The molecule has 0 aliphatic heterocycles. The van der Waals surface area contributed by atoms with Gasteiger partial charge in [-0.1, -0.05) is 31.5 Å². The van der Waals surface area contributed by atoms with E-state index in [1.165, 1.54) is 18.2 Å². The molecular formula is C19H16ClN3O4. The summed E-state index contributed by atoms with van der Waals surface area (Å²) in [6.45, 7) is 3.98. The molecule has 0 radical (unpaired) electrons. The average molecular weight is 386 g/mol. The molecule has 0 unspecified atom stereocenters. The maximum Gasteiger partial charge on any atom is 0.282 e. The molecule has 138 valence electrons. The number of nitrogens with zero attached hydrogens (tertiary/aromatic N) is 1. The number of pyridine rings is 1. The van der Waals surface area contributed by atoms with Gasteiger partial charge >= 0.3 is 0 Å². The summed E-state index contributed by atoms with van der Waals surface area (Å²) >= 11 is 5.87. The molecule has 27 heavy (non-hydrogen) atoms. The lowest BCUT2D eigenvalue weighted by Gasteiger charge is -2.11. The van der Waals surface area contributed by atoms with Gasteiger partial charge in [0.25, 0.3) is 11.6 Å². The van der Waals surface area contributed by atoms with Crippen LogP contribution >= 0.6 is 11.6 Å². The average Bonchev–Trinajstić information content (AvgIpc) is 2.60. The Hall–Kier alpha value is -3.19. The maximum absolute atomic E-state index is 12.5. The van der Waals surface area contributed by atoms with Gasteiger partial charge in [-0.2, -0.15) is 0 Å². The molecule has 0 fully saturated rings. The number of carbonyl (C=O) groups excluding carboxylic acids is 1. The molecule has 1 heterocycles. The van der Waals surface area contributed by atoms with Crippen LogP contribution < -0.4 is 10.9 Å². The van der Waals surface area contributed by atoms with E-state index in [-0.39, 0.29) is 27.8 Å². The number of amides is 1. The Morgan fingerprint density at radius 2 is 1.93 bits per heavy atom. The standard InChI is InChI=1S/C19H16ClN3O4/c1-10(2)14-9-18(24)22-16-8-12(4-5-13(14)16)21-19(25)15-7-11(20)3-6-17(15)23(26)27/h3-10H,1-2H3,(H,21,25)(H,22,24). The summed E-state index contributed by atoms with van der Waals surface area (Å²) in [7, 11) is 0. The van der Waals surface area contributed by atoms with Crippen LogP contribution in [0.5, 0.6) is 0 Å². The van der Waals surface area contributed by atoms with Crippen molar-refractivity contribution in [1.82, 2.24) is 4.98 Å². The largest absolute Gasteiger partial charge is 0.322 e. The molecule has 0 saturated heterocycles. The first kappa shape index (κ1) is 18.6. The Morgan fingerprint density at radius 1 is 1.19 bits per heavy atom. The van der Waals surface area contributed by atoms with Gasteiger partial charge in [-0.3, -0.25) is 19.7 Å². The smallest absolute Gasteiger partial charge is 0.282 e. The highest BCUT2D eigenvalue weighted by Crippen LogP contribution is 2.27. The molecule has 2 aromatic carbocycles. The van der Waals surface area contributed by atoms with E-state index in [9.17, 15) is 19.7 Å². The van der Waals surface area contributed by atoms with Crippen molar-refractivity contribution >= 4 is 39.8 Å². The number of anilines is 1. The van der Waals surface area contributed by atoms with Crippen LogP contribution in [0.25, 0.3) is 10.9 Å². The molecule has 1 amide bonds. The van der Waals surface area contributed by atoms with Crippen molar-refractivity contribution in [1.29, 1.82) is 0 Å². The van der Waals surface area contributed by atoms with Gasteiger partial charge in [-0.15, -0.1) is 0 Å². The Kier molecular flexibility index (Phi) is 4.96. The number of benzene rings is 2. The zero-order chi connectivity index (χ0) is 19.7. The lowest BCUT2D eigenvalue weighted by Crippen LogP contribution is -2.14. The first-order valence-corrected chi connectivity index (χ1v) is 8.56. The maximum atomic E-state index is 12.5. The van der Waals surface area contributed by atoms with Crippen molar-refractivity contribution < 1.29 is 9.72 Å². The molecular weight excluding hydrogens is 370 g/mol. The highest BCUT2D eigenvalue weighted by molar-refractivity contribution is 6.31. The van der Waals surface area contributed by atoms with Crippen LogP contribution in [0.4, 0.5) is 11.4 Å². The van der Waals surface area contributed by atoms with Gasteiger partial charge in [-0.05, 0) is 35.7 Å². The van der Waals surface area contributed by atoms with Gasteiger partial charge in [0.1, 0.15) is 5.56 Å². The van der Waals surface area contributed by atoms with Crippen LogP contribution in [0.3, 0.4) is 0 Å². The van der Waals surface area contributed by atoms with E-state index in [0.717, 1.165) is 10.9 Å². The van der Waals surface area contributed by atoms with Crippen molar-refractivity contribution in [2.45, 2.75) is 19.8 Å². The van der Waals surface area contributed by atoms with E-state index in [1.54, 1.807) is 24.3 Å². The van der Waals surface area contributed by atoms with Crippen molar-refractivity contribution in [2.24, 2.45) is 0 Å². The fourth-order valence-electron chi connectivity index (χ4n) is 2.89. The summed E-state index contributed by atoms with van der Waals surface area (Å²) in [5, 5.41) is 14.9. The Labute approximate surface area is 159 Å². The second kappa shape index (κ2) is 7.20. The minimum atomic E-state index is -0.661. The van der Waals surface area contributed by atoms with Gasteiger partial charge in [0.2, 0.25) is 5.56 Å². The van der Waals surface area contributed by atoms with Gasteiger partial charge < -0.3 is 10.3 Å². The van der Waals surface area contributed by atoms with Crippen LogP contribution in [0.2, 0.25) is 5.02 Å². The number of hydrogen-bond acceptors (Lipinski definition) is 4. The normalized spacial score (nSPS) is 11.0. The van der Waals surface area contributed by atoms with E-state index < -0.39 is 10.8 Å². The molecule has 0 bridgehead atoms. The number of rotatable bonds is 4. The zero-order valence-electron chi connectivity index (χ0n) is 14.6. The molecule has 0 atom stereocenters. The van der Waals surface area contributed by atoms with Gasteiger partial charge in [0.15, 0.2) is 0 Å². The molecule has 8 heteroatoms. The van der Waals surface area contributed by atoms with Gasteiger partial charge in [0.05, 0.1) is 10.4 Å². The number of aromatic nitrogens is 1. The third-order valence-corrected chi connectivity index (χ3v) is 4.39. The summed E-state index contributed by atoms with van der Waals surface area (Å²) in [5.41, 5.74) is 1.16. The molecule has 0 aliphatic carbocycles. The van der Waals surface area contributed by atoms with Crippen LogP contribution in [-0.4, -0.2) is 15.8 Å². The lowest BCUT2D eigenvalue weighted by atomic mass is 9.99. The summed E-state index contributed by atoms with van der Waals surface area (Å²) in [6.07, 6.45) is 0. The van der Waals surface area contributed by atoms with Crippen molar-refractivity contribution in [3.63, 3.8) is 0 Å². The SMILES string of the molecule is CC(C)c1cc(=O)[nH]c2cc(NC(=O)c3cc(Cl)ccc3[N+](=O)[O-])ccc12. The zero-order valence-corrected chi connectivity index (χ0v) is 15.3. The van der Waals surface area contributed by atoms with Gasteiger partial charge in [-0.25, -0.2) is 0 Å². The van der Waals surface area contributed by atoms with E-state index in [4.69, 9.17) is 11.6 Å². The molecule has 1 aromatic heterocycles. The predicted octanol–water partition coefficient (Wildman–Crippen LogP) is 4.47. The number of fused-ring (bicyclic) bond motifs is 1. The molecule has 3 aromatic rings. The number of aromatic amines is 1. The number of H-pyrrole nitrogens is 1. The second-order valence-corrected chi connectivity index (χ2v) is 6.81. The molecule has 7 nitrogen and oxygen atoms in total. The fourth-order valence-corrected chi connectivity index (χ4v) is 3.06. The van der Waals surface area contributed by atoms with Crippen LogP contribution in [-0.2, 0) is 0 Å². The van der Waals surface area contributed by atoms with Crippen molar-refractivity contribution in [3.8, 4) is 0 Å². The number of carbonyl (C=O) groups is 1. The minimum Gasteiger partial charge on any atom is -0.322 e. The number of nitro groups is 1. The summed E-state index contributed by atoms with van der Waals surface area (Å²) < 4.78 is 0. The third-order valence-electron chi connectivity index (χ3n) is 4.15. The molecule has 0 aliphatic rings. The lowest BCUT2D eigenvalue weighted by molar-refractivity contribution is -0.385. The topological polar surface area (TPSA) is 105 Å². The van der Waals surface area contributed by atoms with Crippen LogP contribution in [0.1, 0.15) is 35.7 Å². The summed E-state index contributed by atoms with van der Waals surface area (Å²) in [4.78, 5) is 37.7. The van der Waals surface area contributed by atoms with Crippen LogP contribution in [0, 0.1) is 10.1 Å². The number of halogens is 1. The van der Waals surface area contributed by atoms with E-state index in [2.05, 4.69) is 10.3 Å². The Bertz CT molecular complexity index is 1120. The highest BCUT2D eigenvalue weighted by atomic mass is 35.5. The first-order chi connectivity index (χ1) is 12.8. The first-order valence-electron chi connectivity index (χ1n) is 8.18. The molecule has 3 rings (SSSR count). The van der Waals surface area contributed by atoms with Gasteiger partial charge in [0, 0.05) is 28.2 Å². The monoisotopic (exact) mass is 385 g/mol. The second-order valence-electron chi connectivity index (χ2n) is 6.38. The Morgan fingerprint density at radius 3 is 2.59 bits per heavy atom. The molecule has 2 N–H and O–H groups in total. The van der Waals surface area contributed by atoms with E-state index in [1.807, 2.05) is 13.8 Å². The summed E-state index contributed by atoms with van der Waals surface area (Å²) in [5.74, 6) is -0.504. The fraction of sp³-hybridized carbons (Fsp3) is 0.158. The summed E-state index contributed by atoms with van der Waals surface area (Å²) in [6, 6.07) is 10.4. The third kappa shape index (κ3) is 3.83. The van der Waals surface area contributed by atoms with E-state index in [0.29, 0.717) is 11.2 Å². The minimum absolute atomic E-state index is 0.142. The van der Waals surface area contributed by atoms with E-state index >= 15 is 0 Å². The Balaban J connectivity index is 2.00. The molecule has 0 saturated carbocycles. The quantitative estimate of drug-likeness (QED) is 0.510. The van der Waals surface area contributed by atoms with Crippen molar-refractivity contribution in [3.05, 3.63) is 79.1 Å². The number of nitrogens with one attached hydrogen (secondary N) is 2. The van der Waals surface area contributed by atoms with Crippen molar-refractivity contribution in [2.75, 3.05) is 5.32 Å². The van der Waals surface area contributed by atoms with Crippen LogP contribution in [0.15, 0.2) is 47.3 Å². The molecule has 0 spiro atoms. The number of nitro benzene ring substituents is 1.